The van der Waals surface area contributed by atoms with Gasteiger partial charge in [0.25, 0.3) is 0 Å². The van der Waals surface area contributed by atoms with Crippen LogP contribution >= 0.6 is 0 Å². The zero-order valence-electron chi connectivity index (χ0n) is 10.7. The molecule has 8 heteroatoms. The molecule has 0 spiro atoms. The van der Waals surface area contributed by atoms with E-state index in [1.165, 1.54) is 32.4 Å². The zero-order chi connectivity index (χ0) is 14.5. The maximum atomic E-state index is 12.0. The van der Waals surface area contributed by atoms with E-state index in [0.29, 0.717) is 5.69 Å². The van der Waals surface area contributed by atoms with Crippen LogP contribution in [0.4, 0.5) is 5.69 Å². The fourth-order valence-electron chi connectivity index (χ4n) is 1.37. The molecule has 0 unspecified atom stereocenters. The molecule has 0 aliphatic heterocycles. The van der Waals surface area contributed by atoms with Crippen molar-refractivity contribution in [2.24, 2.45) is 0 Å². The van der Waals surface area contributed by atoms with Gasteiger partial charge in [-0.1, -0.05) is 0 Å². The molecule has 19 heavy (non-hydrogen) atoms. The highest BCUT2D eigenvalue weighted by Crippen LogP contribution is 2.25. The number of hydrogen-bond donors (Lipinski definition) is 2. The number of nitrogens with one attached hydrogen (secondary N) is 1. The monoisotopic (exact) mass is 288 g/mol. The lowest BCUT2D eigenvalue weighted by molar-refractivity contribution is -0.140. The number of benzene rings is 1. The van der Waals surface area contributed by atoms with Gasteiger partial charge in [0, 0.05) is 18.3 Å². The highest BCUT2D eigenvalue weighted by atomic mass is 32.2. The third-order valence-corrected chi connectivity index (χ3v) is 3.83. The summed E-state index contributed by atoms with van der Waals surface area (Å²) in [6, 6.07) is 4.21. The van der Waals surface area contributed by atoms with Crippen LogP contribution in [0.5, 0.6) is 5.75 Å². The molecule has 0 fully saturated rings. The normalized spacial score (nSPS) is 11.1. The molecular weight excluding hydrogens is 272 g/mol. The first kappa shape index (κ1) is 15.3. The topological polar surface area (TPSA) is 108 Å². The number of anilines is 1. The van der Waals surface area contributed by atoms with Crippen LogP contribution in [0.1, 0.15) is 6.42 Å². The van der Waals surface area contributed by atoms with Gasteiger partial charge in [-0.3, -0.25) is 4.79 Å². The van der Waals surface area contributed by atoms with Crippen LogP contribution < -0.4 is 15.2 Å². The smallest absolute Gasteiger partial charge is 0.306 e. The first-order valence-corrected chi connectivity index (χ1v) is 6.89. The quantitative estimate of drug-likeness (QED) is 0.568. The number of hydrogen-bond acceptors (Lipinski definition) is 6. The van der Waals surface area contributed by atoms with E-state index < -0.39 is 16.0 Å². The standard InChI is InChI=1S/C11H16N2O5S/c1-17-9-7-8(12)3-4-10(9)19(15,16)13-6-5-11(14)18-2/h3-4,7,13H,5-6,12H2,1-2H3. The predicted octanol–water partition coefficient (Wildman–Crippen LogP) is 0.119. The average molecular weight is 288 g/mol. The van der Waals surface area contributed by atoms with Gasteiger partial charge in [0.05, 0.1) is 20.6 Å². The summed E-state index contributed by atoms with van der Waals surface area (Å²) >= 11 is 0. The maximum Gasteiger partial charge on any atom is 0.306 e. The number of carbonyl (C=O) groups is 1. The second kappa shape index (κ2) is 6.39. The van der Waals surface area contributed by atoms with Crippen molar-refractivity contribution in [3.63, 3.8) is 0 Å². The first-order valence-electron chi connectivity index (χ1n) is 5.40. The highest BCUT2D eigenvalue weighted by molar-refractivity contribution is 7.89. The van der Waals surface area contributed by atoms with Crippen LogP contribution in [0, 0.1) is 0 Å². The van der Waals surface area contributed by atoms with E-state index in [1.807, 2.05) is 0 Å². The van der Waals surface area contributed by atoms with Gasteiger partial charge in [0.1, 0.15) is 10.6 Å². The van der Waals surface area contributed by atoms with Crippen molar-refractivity contribution in [1.82, 2.24) is 4.72 Å². The molecule has 3 N–H and O–H groups in total. The number of nitrogen functional groups attached to an aromatic ring is 1. The predicted molar refractivity (Wildman–Crippen MR) is 69.2 cm³/mol. The number of carbonyl (C=O) groups excluding carboxylic acids is 1. The van der Waals surface area contributed by atoms with E-state index in [-0.39, 0.29) is 23.6 Å². The molecule has 0 aliphatic rings. The minimum absolute atomic E-state index is 0.0333. The van der Waals surface area contributed by atoms with Gasteiger partial charge in [0.15, 0.2) is 0 Å². The Labute approximate surface area is 111 Å². The number of esters is 1. The number of ether oxygens (including phenoxy) is 2. The van der Waals surface area contributed by atoms with Crippen molar-refractivity contribution in [2.75, 3.05) is 26.5 Å². The Balaban J connectivity index is 2.85. The molecule has 0 aromatic heterocycles. The second-order valence-corrected chi connectivity index (χ2v) is 5.37. The summed E-state index contributed by atoms with van der Waals surface area (Å²) in [5.74, 6) is -0.350. The van der Waals surface area contributed by atoms with Gasteiger partial charge in [-0.15, -0.1) is 0 Å². The number of sulfonamides is 1. The van der Waals surface area contributed by atoms with E-state index in [0.717, 1.165) is 0 Å². The van der Waals surface area contributed by atoms with Crippen molar-refractivity contribution in [3.8, 4) is 5.75 Å². The summed E-state index contributed by atoms with van der Waals surface area (Å²) in [6.07, 6.45) is -0.0486. The van der Waals surface area contributed by atoms with Crippen molar-refractivity contribution in [1.29, 1.82) is 0 Å². The molecule has 0 heterocycles. The Morgan fingerprint density at radius 2 is 2.05 bits per heavy atom. The van der Waals surface area contributed by atoms with Gasteiger partial charge in [0.2, 0.25) is 10.0 Å². The van der Waals surface area contributed by atoms with Crippen LogP contribution in [-0.2, 0) is 19.6 Å². The first-order chi connectivity index (χ1) is 8.90. The van der Waals surface area contributed by atoms with Crippen molar-refractivity contribution in [2.45, 2.75) is 11.3 Å². The van der Waals surface area contributed by atoms with Gasteiger partial charge < -0.3 is 15.2 Å². The molecule has 0 atom stereocenters. The average Bonchev–Trinajstić information content (AvgIpc) is 2.37. The van der Waals surface area contributed by atoms with Gasteiger partial charge in [-0.05, 0) is 12.1 Å². The molecule has 0 saturated carbocycles. The number of nitrogens with two attached hydrogens (primary N) is 1. The summed E-state index contributed by atoms with van der Waals surface area (Å²) in [5, 5.41) is 0. The Hall–Kier alpha value is -1.80. The van der Waals surface area contributed by atoms with Crippen LogP contribution in [0.3, 0.4) is 0 Å². The van der Waals surface area contributed by atoms with E-state index in [4.69, 9.17) is 10.5 Å². The van der Waals surface area contributed by atoms with Crippen LogP contribution in [0.2, 0.25) is 0 Å². The lowest BCUT2D eigenvalue weighted by Gasteiger charge is -2.10. The molecule has 1 rings (SSSR count). The lowest BCUT2D eigenvalue weighted by Crippen LogP contribution is -2.27. The van der Waals surface area contributed by atoms with Crippen LogP contribution in [-0.4, -0.2) is 35.2 Å². The van der Waals surface area contributed by atoms with Gasteiger partial charge in [-0.25, -0.2) is 13.1 Å². The molecule has 0 radical (unpaired) electrons. The van der Waals surface area contributed by atoms with Crippen LogP contribution in [0.25, 0.3) is 0 Å². The molecule has 1 aromatic carbocycles. The Morgan fingerprint density at radius 1 is 1.37 bits per heavy atom. The number of rotatable bonds is 6. The summed E-state index contributed by atoms with van der Waals surface area (Å²) in [7, 11) is -1.18. The Morgan fingerprint density at radius 3 is 2.63 bits per heavy atom. The SMILES string of the molecule is COC(=O)CCNS(=O)(=O)c1ccc(N)cc1OC. The largest absolute Gasteiger partial charge is 0.495 e. The molecule has 0 amide bonds. The van der Waals surface area contributed by atoms with Crippen molar-refractivity contribution >= 4 is 21.7 Å². The molecule has 7 nitrogen and oxygen atoms in total. The summed E-state index contributed by atoms with van der Waals surface area (Å²) in [5.41, 5.74) is 5.94. The number of methoxy groups -OCH3 is 2. The van der Waals surface area contributed by atoms with E-state index in [1.54, 1.807) is 0 Å². The third-order valence-electron chi connectivity index (χ3n) is 2.33. The minimum Gasteiger partial charge on any atom is -0.495 e. The summed E-state index contributed by atoms with van der Waals surface area (Å²) < 4.78 is 35.7. The molecule has 0 saturated heterocycles. The van der Waals surface area contributed by atoms with Gasteiger partial charge in [-0.2, -0.15) is 0 Å². The second-order valence-electron chi connectivity index (χ2n) is 3.63. The molecule has 0 bridgehead atoms. The van der Waals surface area contributed by atoms with Crippen molar-refractivity contribution < 1.29 is 22.7 Å². The fourth-order valence-corrected chi connectivity index (χ4v) is 2.55. The highest BCUT2D eigenvalue weighted by Gasteiger charge is 2.19. The fraction of sp³-hybridized carbons (Fsp3) is 0.364. The molecule has 0 aliphatic carbocycles. The third kappa shape index (κ3) is 4.11. The molecular formula is C11H16N2O5S. The molecule has 1 aromatic rings. The Kier molecular flexibility index (Phi) is 5.13. The lowest BCUT2D eigenvalue weighted by atomic mass is 10.3. The zero-order valence-corrected chi connectivity index (χ0v) is 11.5. The van der Waals surface area contributed by atoms with E-state index in [2.05, 4.69) is 9.46 Å². The van der Waals surface area contributed by atoms with E-state index >= 15 is 0 Å². The van der Waals surface area contributed by atoms with Gasteiger partial charge >= 0.3 is 5.97 Å². The van der Waals surface area contributed by atoms with Crippen molar-refractivity contribution in [3.05, 3.63) is 18.2 Å². The maximum absolute atomic E-state index is 12.0. The summed E-state index contributed by atoms with van der Waals surface area (Å²) in [6.45, 7) is -0.0530. The summed E-state index contributed by atoms with van der Waals surface area (Å²) in [4.78, 5) is 10.9. The van der Waals surface area contributed by atoms with Crippen LogP contribution in [0.15, 0.2) is 23.1 Å². The minimum atomic E-state index is -3.76. The van der Waals surface area contributed by atoms with E-state index in [9.17, 15) is 13.2 Å². The molecule has 106 valence electrons. The Bertz CT molecular complexity index is 556.